The predicted molar refractivity (Wildman–Crippen MR) is 105 cm³/mol. The van der Waals surface area contributed by atoms with Crippen LogP contribution in [0.2, 0.25) is 0 Å². The molecular formula is C24H28BrN. The zero-order valence-electron chi connectivity index (χ0n) is 15.3. The number of benzene rings is 3. The highest BCUT2D eigenvalue weighted by Gasteiger charge is 2.31. The summed E-state index contributed by atoms with van der Waals surface area (Å²) in [5, 5.41) is 0. The van der Waals surface area contributed by atoms with Gasteiger partial charge in [-0.15, -0.1) is 0 Å². The smallest absolute Gasteiger partial charge is 0.0745 e. The second-order valence-corrected chi connectivity index (χ2v) is 7.09. The normalized spacial score (nSPS) is 11.0. The molecule has 3 N–H and O–H groups in total. The molecule has 0 saturated heterocycles. The van der Waals surface area contributed by atoms with Crippen molar-refractivity contribution in [2.24, 2.45) is 5.41 Å². The van der Waals surface area contributed by atoms with E-state index in [9.17, 15) is 0 Å². The van der Waals surface area contributed by atoms with Crippen LogP contribution < -0.4 is 22.7 Å². The summed E-state index contributed by atoms with van der Waals surface area (Å²) < 4.78 is 0. The first-order valence-corrected chi connectivity index (χ1v) is 9.21. The fourth-order valence-corrected chi connectivity index (χ4v) is 3.91. The van der Waals surface area contributed by atoms with E-state index in [4.69, 9.17) is 0 Å². The van der Waals surface area contributed by atoms with Crippen molar-refractivity contribution in [1.29, 1.82) is 0 Å². The van der Waals surface area contributed by atoms with Crippen LogP contribution in [-0.4, -0.2) is 6.54 Å². The number of hydrogen-bond donors (Lipinski definition) is 1. The molecule has 0 aliphatic rings. The lowest BCUT2D eigenvalue weighted by molar-refractivity contribution is -0.372. The first-order chi connectivity index (χ1) is 12.3. The highest BCUT2D eigenvalue weighted by molar-refractivity contribution is 5.24. The Kier molecular flexibility index (Phi) is 8.08. The molecule has 2 heteroatoms. The lowest BCUT2D eigenvalue weighted by Gasteiger charge is -2.34. The zero-order chi connectivity index (χ0) is 17.4. The fraction of sp³-hybridized carbons (Fsp3) is 0.250. The number of quaternary nitrogens is 1. The van der Waals surface area contributed by atoms with Crippen LogP contribution in [0.3, 0.4) is 0 Å². The van der Waals surface area contributed by atoms with E-state index in [1.165, 1.54) is 16.7 Å². The summed E-state index contributed by atoms with van der Waals surface area (Å²) in [6.45, 7) is 0.965. The number of rotatable bonds is 8. The molecule has 0 aromatic heterocycles. The summed E-state index contributed by atoms with van der Waals surface area (Å²) in [7, 11) is 0. The summed E-state index contributed by atoms with van der Waals surface area (Å²) in [6, 6.07) is 32.7. The van der Waals surface area contributed by atoms with Gasteiger partial charge < -0.3 is 22.7 Å². The van der Waals surface area contributed by atoms with Crippen LogP contribution >= 0.6 is 0 Å². The van der Waals surface area contributed by atoms with Gasteiger partial charge in [0.1, 0.15) is 0 Å². The Hall–Kier alpha value is -1.90. The average molecular weight is 410 g/mol. The van der Waals surface area contributed by atoms with Gasteiger partial charge in [-0.25, -0.2) is 0 Å². The van der Waals surface area contributed by atoms with Crippen LogP contribution in [0, 0.1) is 5.41 Å². The molecule has 0 heterocycles. The topological polar surface area (TPSA) is 27.6 Å². The van der Waals surface area contributed by atoms with Gasteiger partial charge in [-0.2, -0.15) is 0 Å². The molecule has 3 rings (SSSR count). The molecule has 0 aliphatic heterocycles. The largest absolute Gasteiger partial charge is 1.00 e. The molecule has 136 valence electrons. The number of hydrogen-bond acceptors (Lipinski definition) is 0. The molecule has 26 heavy (non-hydrogen) atoms. The standard InChI is InChI=1S/C24H27N.BrH/c25-17-16-24(18-21-10-4-1-5-11-21,19-22-12-6-2-7-13-22)20-23-14-8-3-9-15-23;/h1-15H,16-20,25H2;1H. The predicted octanol–water partition coefficient (Wildman–Crippen LogP) is 1.34. The lowest BCUT2D eigenvalue weighted by atomic mass is 9.70. The minimum absolute atomic E-state index is 0. The molecular weight excluding hydrogens is 382 g/mol. The quantitative estimate of drug-likeness (QED) is 0.581. The molecule has 0 fully saturated rings. The maximum atomic E-state index is 4.20. The van der Waals surface area contributed by atoms with Gasteiger partial charge in [-0.3, -0.25) is 0 Å². The molecule has 0 spiro atoms. The Morgan fingerprint density at radius 3 is 1.12 bits per heavy atom. The van der Waals surface area contributed by atoms with Crippen molar-refractivity contribution in [3.8, 4) is 0 Å². The second kappa shape index (κ2) is 10.3. The summed E-state index contributed by atoms with van der Waals surface area (Å²) in [6.07, 6.45) is 4.40. The molecule has 0 atom stereocenters. The van der Waals surface area contributed by atoms with Crippen LogP contribution in [0.5, 0.6) is 0 Å². The first-order valence-electron chi connectivity index (χ1n) is 9.21. The van der Waals surface area contributed by atoms with E-state index in [0.717, 1.165) is 32.2 Å². The Balaban J connectivity index is 0.00000243. The monoisotopic (exact) mass is 409 g/mol. The highest BCUT2D eigenvalue weighted by atomic mass is 79.9. The Morgan fingerprint density at radius 2 is 0.846 bits per heavy atom. The van der Waals surface area contributed by atoms with E-state index >= 15 is 0 Å². The third-order valence-corrected chi connectivity index (χ3v) is 4.97. The van der Waals surface area contributed by atoms with E-state index in [0.29, 0.717) is 0 Å². The zero-order valence-corrected chi connectivity index (χ0v) is 16.9. The Morgan fingerprint density at radius 1 is 0.538 bits per heavy atom. The van der Waals surface area contributed by atoms with Gasteiger partial charge in [0, 0.05) is 6.42 Å². The van der Waals surface area contributed by atoms with Gasteiger partial charge >= 0.3 is 0 Å². The van der Waals surface area contributed by atoms with Crippen molar-refractivity contribution in [3.05, 3.63) is 108 Å². The molecule has 3 aromatic rings. The van der Waals surface area contributed by atoms with Crippen molar-refractivity contribution >= 4 is 0 Å². The van der Waals surface area contributed by atoms with Crippen LogP contribution in [0.25, 0.3) is 0 Å². The summed E-state index contributed by atoms with van der Waals surface area (Å²) in [4.78, 5) is 0. The average Bonchev–Trinajstić information content (AvgIpc) is 2.64. The minimum Gasteiger partial charge on any atom is -1.00 e. The van der Waals surface area contributed by atoms with Crippen molar-refractivity contribution in [1.82, 2.24) is 0 Å². The summed E-state index contributed by atoms with van der Waals surface area (Å²) >= 11 is 0. The first kappa shape index (κ1) is 20.4. The SMILES string of the molecule is [Br-].[NH3+]CCC(Cc1ccccc1)(Cc1ccccc1)Cc1ccccc1. The van der Waals surface area contributed by atoms with Crippen LogP contribution in [0.15, 0.2) is 91.0 Å². The van der Waals surface area contributed by atoms with Gasteiger partial charge in [0.15, 0.2) is 0 Å². The van der Waals surface area contributed by atoms with Crippen molar-refractivity contribution in [2.45, 2.75) is 25.7 Å². The molecule has 0 aliphatic carbocycles. The maximum Gasteiger partial charge on any atom is 0.0745 e. The van der Waals surface area contributed by atoms with Gasteiger partial charge in [0.25, 0.3) is 0 Å². The van der Waals surface area contributed by atoms with Crippen LogP contribution in [-0.2, 0) is 19.3 Å². The van der Waals surface area contributed by atoms with Crippen molar-refractivity contribution in [2.75, 3.05) is 6.54 Å². The minimum atomic E-state index is 0. The van der Waals surface area contributed by atoms with Gasteiger partial charge in [0.2, 0.25) is 0 Å². The lowest BCUT2D eigenvalue weighted by Crippen LogP contribution is -3.00. The maximum absolute atomic E-state index is 4.20. The summed E-state index contributed by atoms with van der Waals surface area (Å²) in [5.41, 5.74) is 8.65. The van der Waals surface area contributed by atoms with Gasteiger partial charge in [0.05, 0.1) is 6.54 Å². The van der Waals surface area contributed by atoms with Crippen LogP contribution in [0.1, 0.15) is 23.1 Å². The number of halogens is 1. The van der Waals surface area contributed by atoms with Crippen molar-refractivity contribution < 1.29 is 22.7 Å². The highest BCUT2D eigenvalue weighted by Crippen LogP contribution is 2.35. The molecule has 0 saturated carbocycles. The second-order valence-electron chi connectivity index (χ2n) is 7.09. The fourth-order valence-electron chi connectivity index (χ4n) is 3.91. The van der Waals surface area contributed by atoms with E-state index in [2.05, 4.69) is 96.7 Å². The van der Waals surface area contributed by atoms with E-state index in [-0.39, 0.29) is 22.4 Å². The van der Waals surface area contributed by atoms with E-state index in [1.807, 2.05) is 0 Å². The molecule has 3 aromatic carbocycles. The molecule has 0 radical (unpaired) electrons. The summed E-state index contributed by atoms with van der Waals surface area (Å²) in [5.74, 6) is 0. The van der Waals surface area contributed by atoms with Gasteiger partial charge in [-0.1, -0.05) is 91.0 Å². The van der Waals surface area contributed by atoms with Gasteiger partial charge in [-0.05, 0) is 41.4 Å². The third-order valence-electron chi connectivity index (χ3n) is 4.97. The van der Waals surface area contributed by atoms with Crippen molar-refractivity contribution in [3.63, 3.8) is 0 Å². The van der Waals surface area contributed by atoms with E-state index < -0.39 is 0 Å². The Bertz CT molecular complexity index is 640. The molecule has 1 nitrogen and oxygen atoms in total. The molecule has 0 bridgehead atoms. The van der Waals surface area contributed by atoms with Crippen LogP contribution in [0.4, 0.5) is 0 Å². The third kappa shape index (κ3) is 5.82. The molecule has 0 unspecified atom stereocenters. The molecule has 0 amide bonds. The Labute approximate surface area is 168 Å². The van der Waals surface area contributed by atoms with E-state index in [1.54, 1.807) is 0 Å².